The second-order valence-electron chi connectivity index (χ2n) is 6.99. The van der Waals surface area contributed by atoms with Crippen LogP contribution in [-0.2, 0) is 11.8 Å². The van der Waals surface area contributed by atoms with Gasteiger partial charge in [-0.3, -0.25) is 9.58 Å². The standard InChI is InChI=1S/C20H27N7O2/c1-26-19-17(14-22-26)18(23-15-4-6-16(28-2)7-5-15)24-20(25-19)21-8-3-9-27-10-12-29-13-11-27/h4-7,14H,3,8-13H2,1-2H3,(H2,21,23,24,25). The molecule has 1 aliphatic heterocycles. The second kappa shape index (κ2) is 9.06. The van der Waals surface area contributed by atoms with E-state index in [0.717, 1.165) is 74.1 Å². The summed E-state index contributed by atoms with van der Waals surface area (Å²) in [7, 11) is 3.54. The molecule has 0 radical (unpaired) electrons. The van der Waals surface area contributed by atoms with Crippen LogP contribution in [0.1, 0.15) is 6.42 Å². The van der Waals surface area contributed by atoms with E-state index < -0.39 is 0 Å². The van der Waals surface area contributed by atoms with Crippen molar-refractivity contribution >= 4 is 28.5 Å². The fourth-order valence-corrected chi connectivity index (χ4v) is 3.34. The predicted molar refractivity (Wildman–Crippen MR) is 113 cm³/mol. The zero-order chi connectivity index (χ0) is 20.1. The van der Waals surface area contributed by atoms with Gasteiger partial charge in [0, 0.05) is 32.4 Å². The van der Waals surface area contributed by atoms with Crippen molar-refractivity contribution < 1.29 is 9.47 Å². The highest BCUT2D eigenvalue weighted by atomic mass is 16.5. The fourth-order valence-electron chi connectivity index (χ4n) is 3.34. The molecule has 154 valence electrons. The average Bonchev–Trinajstić information content (AvgIpc) is 3.14. The van der Waals surface area contributed by atoms with Gasteiger partial charge in [-0.15, -0.1) is 0 Å². The van der Waals surface area contributed by atoms with Crippen molar-refractivity contribution in [2.75, 3.05) is 57.1 Å². The van der Waals surface area contributed by atoms with Gasteiger partial charge in [0.15, 0.2) is 5.65 Å². The van der Waals surface area contributed by atoms with Gasteiger partial charge in [-0.25, -0.2) is 0 Å². The van der Waals surface area contributed by atoms with E-state index in [-0.39, 0.29) is 0 Å². The first-order valence-electron chi connectivity index (χ1n) is 9.88. The maximum absolute atomic E-state index is 5.40. The van der Waals surface area contributed by atoms with E-state index in [1.807, 2.05) is 31.3 Å². The molecule has 0 bridgehead atoms. The van der Waals surface area contributed by atoms with Crippen LogP contribution in [0.25, 0.3) is 11.0 Å². The van der Waals surface area contributed by atoms with Crippen LogP contribution in [0.5, 0.6) is 5.75 Å². The summed E-state index contributed by atoms with van der Waals surface area (Å²) in [6.07, 6.45) is 2.80. The van der Waals surface area contributed by atoms with Crippen LogP contribution in [0.3, 0.4) is 0 Å². The highest BCUT2D eigenvalue weighted by molar-refractivity contribution is 5.89. The Morgan fingerprint density at radius 1 is 1.14 bits per heavy atom. The Kier molecular flexibility index (Phi) is 6.06. The van der Waals surface area contributed by atoms with Crippen molar-refractivity contribution in [1.29, 1.82) is 0 Å². The second-order valence-corrected chi connectivity index (χ2v) is 6.99. The third-order valence-electron chi connectivity index (χ3n) is 4.98. The molecule has 3 aromatic rings. The van der Waals surface area contributed by atoms with Crippen LogP contribution < -0.4 is 15.4 Å². The molecule has 0 saturated carbocycles. The number of nitrogens with zero attached hydrogens (tertiary/aromatic N) is 5. The van der Waals surface area contributed by atoms with E-state index in [0.29, 0.717) is 5.95 Å². The zero-order valence-corrected chi connectivity index (χ0v) is 16.9. The molecule has 4 rings (SSSR count). The highest BCUT2D eigenvalue weighted by Crippen LogP contribution is 2.25. The number of fused-ring (bicyclic) bond motifs is 1. The lowest BCUT2D eigenvalue weighted by molar-refractivity contribution is 0.0378. The van der Waals surface area contributed by atoms with E-state index in [2.05, 4.69) is 30.6 Å². The molecule has 9 nitrogen and oxygen atoms in total. The summed E-state index contributed by atoms with van der Waals surface area (Å²) >= 11 is 0. The lowest BCUT2D eigenvalue weighted by Gasteiger charge is -2.26. The Morgan fingerprint density at radius 2 is 1.93 bits per heavy atom. The summed E-state index contributed by atoms with van der Waals surface area (Å²) in [4.78, 5) is 11.7. The minimum Gasteiger partial charge on any atom is -0.497 e. The summed E-state index contributed by atoms with van der Waals surface area (Å²) in [5.74, 6) is 2.13. The summed E-state index contributed by atoms with van der Waals surface area (Å²) in [6, 6.07) is 7.74. The molecule has 29 heavy (non-hydrogen) atoms. The number of nitrogens with one attached hydrogen (secondary N) is 2. The van der Waals surface area contributed by atoms with Gasteiger partial charge in [0.05, 0.1) is 31.9 Å². The van der Waals surface area contributed by atoms with Gasteiger partial charge in [-0.05, 0) is 37.2 Å². The van der Waals surface area contributed by atoms with Crippen LogP contribution in [0.2, 0.25) is 0 Å². The monoisotopic (exact) mass is 397 g/mol. The fraction of sp³-hybridized carbons (Fsp3) is 0.450. The normalized spacial score (nSPS) is 14.8. The first-order valence-corrected chi connectivity index (χ1v) is 9.88. The minimum atomic E-state index is 0.596. The number of aromatic nitrogens is 4. The summed E-state index contributed by atoms with van der Waals surface area (Å²) in [5, 5.41) is 11.9. The van der Waals surface area contributed by atoms with Gasteiger partial charge < -0.3 is 20.1 Å². The van der Waals surface area contributed by atoms with E-state index >= 15 is 0 Å². The van der Waals surface area contributed by atoms with Crippen LogP contribution in [0.15, 0.2) is 30.5 Å². The largest absolute Gasteiger partial charge is 0.497 e. The number of morpholine rings is 1. The topological polar surface area (TPSA) is 89.4 Å². The molecular weight excluding hydrogens is 370 g/mol. The molecule has 1 fully saturated rings. The minimum absolute atomic E-state index is 0.596. The lowest BCUT2D eigenvalue weighted by Crippen LogP contribution is -2.37. The van der Waals surface area contributed by atoms with Crippen molar-refractivity contribution in [3.63, 3.8) is 0 Å². The molecule has 0 aliphatic carbocycles. The number of hydrogen-bond donors (Lipinski definition) is 2. The summed E-state index contributed by atoms with van der Waals surface area (Å²) in [6.45, 7) is 5.52. The Morgan fingerprint density at radius 3 is 2.69 bits per heavy atom. The molecule has 3 heterocycles. The molecule has 1 aromatic carbocycles. The number of aryl methyl sites for hydroxylation is 1. The molecule has 2 N–H and O–H groups in total. The Balaban J connectivity index is 1.45. The Bertz CT molecular complexity index is 936. The SMILES string of the molecule is COc1ccc(Nc2nc(NCCCN3CCOCC3)nc3c2cnn3C)cc1. The van der Waals surface area contributed by atoms with E-state index in [1.165, 1.54) is 0 Å². The molecule has 0 unspecified atom stereocenters. The van der Waals surface area contributed by atoms with Gasteiger partial charge in [0.25, 0.3) is 0 Å². The Hall–Kier alpha value is -2.91. The first kappa shape index (κ1) is 19.4. The van der Waals surface area contributed by atoms with Gasteiger partial charge in [-0.2, -0.15) is 15.1 Å². The molecule has 0 spiro atoms. The first-order chi connectivity index (χ1) is 14.2. The van der Waals surface area contributed by atoms with Gasteiger partial charge in [-0.1, -0.05) is 0 Å². The molecule has 2 aromatic heterocycles. The van der Waals surface area contributed by atoms with Crippen LogP contribution >= 0.6 is 0 Å². The van der Waals surface area contributed by atoms with Gasteiger partial charge in [0.2, 0.25) is 5.95 Å². The van der Waals surface area contributed by atoms with Crippen LogP contribution in [0, 0.1) is 0 Å². The quantitative estimate of drug-likeness (QED) is 0.560. The van der Waals surface area contributed by atoms with Gasteiger partial charge >= 0.3 is 0 Å². The van der Waals surface area contributed by atoms with Crippen molar-refractivity contribution in [2.45, 2.75) is 6.42 Å². The van der Waals surface area contributed by atoms with Crippen LogP contribution in [0.4, 0.5) is 17.5 Å². The highest BCUT2D eigenvalue weighted by Gasteiger charge is 2.13. The van der Waals surface area contributed by atoms with Crippen molar-refractivity contribution in [1.82, 2.24) is 24.6 Å². The number of benzene rings is 1. The molecule has 1 saturated heterocycles. The molecule has 9 heteroatoms. The average molecular weight is 397 g/mol. The maximum atomic E-state index is 5.40. The summed E-state index contributed by atoms with van der Waals surface area (Å²) in [5.41, 5.74) is 1.71. The predicted octanol–water partition coefficient (Wildman–Crippen LogP) is 2.25. The molecular formula is C20H27N7O2. The smallest absolute Gasteiger partial charge is 0.226 e. The lowest BCUT2D eigenvalue weighted by atomic mass is 10.3. The van der Waals surface area contributed by atoms with E-state index in [9.17, 15) is 0 Å². The van der Waals surface area contributed by atoms with Crippen LogP contribution in [-0.4, -0.2) is 71.2 Å². The summed E-state index contributed by atoms with van der Waals surface area (Å²) < 4.78 is 12.4. The molecule has 0 atom stereocenters. The number of rotatable bonds is 8. The van der Waals surface area contributed by atoms with Crippen molar-refractivity contribution in [3.05, 3.63) is 30.5 Å². The van der Waals surface area contributed by atoms with E-state index in [4.69, 9.17) is 9.47 Å². The number of ether oxygens (including phenoxy) is 2. The molecule has 0 amide bonds. The van der Waals surface area contributed by atoms with E-state index in [1.54, 1.807) is 18.0 Å². The van der Waals surface area contributed by atoms with Crippen molar-refractivity contribution in [3.8, 4) is 5.75 Å². The zero-order valence-electron chi connectivity index (χ0n) is 16.9. The Labute approximate surface area is 170 Å². The van der Waals surface area contributed by atoms with Crippen molar-refractivity contribution in [2.24, 2.45) is 7.05 Å². The number of hydrogen-bond acceptors (Lipinski definition) is 8. The van der Waals surface area contributed by atoms with Gasteiger partial charge in [0.1, 0.15) is 11.6 Å². The molecule has 1 aliphatic rings. The third-order valence-corrected chi connectivity index (χ3v) is 4.98. The number of anilines is 3. The maximum Gasteiger partial charge on any atom is 0.226 e. The number of methoxy groups -OCH3 is 1. The third kappa shape index (κ3) is 4.75.